The molecule has 1 aliphatic rings. The SMILES string of the molecule is Clc1ccc2nc(N/N=C3\CCCOc4cccnc43)sc2n1. The molecule has 8 heteroatoms. The maximum absolute atomic E-state index is 5.90. The van der Waals surface area contributed by atoms with Crippen molar-refractivity contribution >= 4 is 44.1 Å². The van der Waals surface area contributed by atoms with Crippen LogP contribution < -0.4 is 10.2 Å². The van der Waals surface area contributed by atoms with E-state index in [1.807, 2.05) is 18.2 Å². The minimum atomic E-state index is 0.457. The van der Waals surface area contributed by atoms with E-state index in [1.54, 1.807) is 12.3 Å². The van der Waals surface area contributed by atoms with Crippen LogP contribution in [0.1, 0.15) is 18.5 Å². The fraction of sp³-hybridized carbons (Fsp3) is 0.200. The van der Waals surface area contributed by atoms with E-state index in [2.05, 4.69) is 25.5 Å². The summed E-state index contributed by atoms with van der Waals surface area (Å²) in [5.41, 5.74) is 5.45. The zero-order valence-corrected chi connectivity index (χ0v) is 13.6. The number of fused-ring (bicyclic) bond motifs is 2. The Bertz CT molecular complexity index is 894. The summed E-state index contributed by atoms with van der Waals surface area (Å²) < 4.78 is 5.68. The monoisotopic (exact) mass is 345 g/mol. The van der Waals surface area contributed by atoms with E-state index in [0.29, 0.717) is 16.9 Å². The van der Waals surface area contributed by atoms with Crippen LogP contribution >= 0.6 is 22.9 Å². The highest BCUT2D eigenvalue weighted by Crippen LogP contribution is 2.26. The Balaban J connectivity index is 1.64. The normalized spacial score (nSPS) is 16.0. The summed E-state index contributed by atoms with van der Waals surface area (Å²) in [5, 5.41) is 5.61. The first-order valence-electron chi connectivity index (χ1n) is 7.13. The van der Waals surface area contributed by atoms with E-state index in [1.165, 1.54) is 11.3 Å². The molecule has 0 unspecified atom stereocenters. The minimum Gasteiger partial charge on any atom is -0.491 e. The van der Waals surface area contributed by atoms with Gasteiger partial charge in [-0.25, -0.2) is 9.97 Å². The lowest BCUT2D eigenvalue weighted by Crippen LogP contribution is -2.05. The number of rotatable bonds is 2. The Hall–Kier alpha value is -2.25. The van der Waals surface area contributed by atoms with E-state index in [9.17, 15) is 0 Å². The molecule has 4 heterocycles. The van der Waals surface area contributed by atoms with Crippen LogP contribution in [0.5, 0.6) is 5.75 Å². The molecule has 3 aromatic rings. The summed E-state index contributed by atoms with van der Waals surface area (Å²) in [6.45, 7) is 0.668. The molecular formula is C15H12ClN5OS. The van der Waals surface area contributed by atoms with Crippen LogP contribution in [0.25, 0.3) is 10.3 Å². The molecule has 0 radical (unpaired) electrons. The number of hydrazone groups is 1. The smallest absolute Gasteiger partial charge is 0.205 e. The maximum Gasteiger partial charge on any atom is 0.205 e. The number of nitrogens with zero attached hydrogens (tertiary/aromatic N) is 4. The molecule has 116 valence electrons. The fourth-order valence-electron chi connectivity index (χ4n) is 2.33. The van der Waals surface area contributed by atoms with Gasteiger partial charge in [0.05, 0.1) is 12.3 Å². The van der Waals surface area contributed by atoms with Crippen molar-refractivity contribution in [3.63, 3.8) is 0 Å². The number of pyridine rings is 2. The van der Waals surface area contributed by atoms with Crippen LogP contribution in [0.4, 0.5) is 5.13 Å². The second-order valence-electron chi connectivity index (χ2n) is 4.95. The number of ether oxygens (including phenoxy) is 1. The number of halogens is 1. The number of aromatic nitrogens is 3. The van der Waals surface area contributed by atoms with E-state index < -0.39 is 0 Å². The molecule has 0 aliphatic carbocycles. The molecule has 23 heavy (non-hydrogen) atoms. The van der Waals surface area contributed by atoms with Gasteiger partial charge < -0.3 is 4.74 Å². The third-order valence-electron chi connectivity index (χ3n) is 3.37. The van der Waals surface area contributed by atoms with Crippen LogP contribution in [0.15, 0.2) is 35.6 Å². The molecular weight excluding hydrogens is 334 g/mol. The zero-order chi connectivity index (χ0) is 15.6. The van der Waals surface area contributed by atoms with Gasteiger partial charge in [-0.1, -0.05) is 22.9 Å². The van der Waals surface area contributed by atoms with Crippen molar-refractivity contribution in [1.29, 1.82) is 0 Å². The van der Waals surface area contributed by atoms with Crippen LogP contribution in [-0.4, -0.2) is 27.3 Å². The molecule has 1 aliphatic heterocycles. The zero-order valence-electron chi connectivity index (χ0n) is 12.0. The Kier molecular flexibility index (Phi) is 3.80. The lowest BCUT2D eigenvalue weighted by molar-refractivity contribution is 0.317. The van der Waals surface area contributed by atoms with Crippen LogP contribution in [-0.2, 0) is 0 Å². The highest BCUT2D eigenvalue weighted by Gasteiger charge is 2.16. The largest absolute Gasteiger partial charge is 0.491 e. The molecule has 0 aromatic carbocycles. The van der Waals surface area contributed by atoms with Crippen LogP contribution in [0, 0.1) is 0 Å². The topological polar surface area (TPSA) is 72.3 Å². The van der Waals surface area contributed by atoms with Gasteiger partial charge in [0, 0.05) is 6.20 Å². The highest BCUT2D eigenvalue weighted by atomic mass is 35.5. The van der Waals surface area contributed by atoms with Crippen LogP contribution in [0.3, 0.4) is 0 Å². The van der Waals surface area contributed by atoms with Crippen molar-refractivity contribution in [2.75, 3.05) is 12.0 Å². The predicted octanol–water partition coefficient (Wildman–Crippen LogP) is 3.73. The highest BCUT2D eigenvalue weighted by molar-refractivity contribution is 7.21. The average molecular weight is 346 g/mol. The Morgan fingerprint density at radius 2 is 2.22 bits per heavy atom. The van der Waals surface area contributed by atoms with Gasteiger partial charge in [0.1, 0.15) is 26.9 Å². The maximum atomic E-state index is 5.90. The number of thiazole rings is 1. The fourth-order valence-corrected chi connectivity index (χ4v) is 3.31. The van der Waals surface area contributed by atoms with Crippen molar-refractivity contribution in [3.8, 4) is 5.75 Å². The molecule has 0 saturated heterocycles. The van der Waals surface area contributed by atoms with Gasteiger partial charge in [-0.3, -0.25) is 10.4 Å². The molecule has 6 nitrogen and oxygen atoms in total. The van der Waals surface area contributed by atoms with Crippen LogP contribution in [0.2, 0.25) is 5.15 Å². The van der Waals surface area contributed by atoms with Crippen molar-refractivity contribution < 1.29 is 4.74 Å². The van der Waals surface area contributed by atoms with Gasteiger partial charge >= 0.3 is 0 Å². The Morgan fingerprint density at radius 3 is 3.17 bits per heavy atom. The minimum absolute atomic E-state index is 0.457. The van der Waals surface area contributed by atoms with Gasteiger partial charge in [0.2, 0.25) is 5.13 Å². The summed E-state index contributed by atoms with van der Waals surface area (Å²) >= 11 is 7.31. The second kappa shape index (κ2) is 6.10. The first-order chi connectivity index (χ1) is 11.3. The Morgan fingerprint density at radius 1 is 1.26 bits per heavy atom. The third-order valence-corrected chi connectivity index (χ3v) is 4.45. The molecule has 0 atom stereocenters. The van der Waals surface area contributed by atoms with E-state index >= 15 is 0 Å². The van der Waals surface area contributed by atoms with E-state index in [-0.39, 0.29) is 0 Å². The first kappa shape index (κ1) is 14.3. The quantitative estimate of drug-likeness (QED) is 0.566. The summed E-state index contributed by atoms with van der Waals surface area (Å²) in [5.74, 6) is 0.767. The number of hydrogen-bond donors (Lipinski definition) is 1. The summed E-state index contributed by atoms with van der Waals surface area (Å²) in [6, 6.07) is 7.34. The molecule has 0 bridgehead atoms. The van der Waals surface area contributed by atoms with E-state index in [0.717, 1.165) is 40.3 Å². The summed E-state index contributed by atoms with van der Waals surface area (Å²) in [6.07, 6.45) is 3.44. The van der Waals surface area contributed by atoms with Crippen molar-refractivity contribution in [2.24, 2.45) is 5.10 Å². The number of anilines is 1. The van der Waals surface area contributed by atoms with Crippen molar-refractivity contribution in [1.82, 2.24) is 15.0 Å². The second-order valence-corrected chi connectivity index (χ2v) is 6.31. The van der Waals surface area contributed by atoms with Gasteiger partial charge in [0.25, 0.3) is 0 Å². The molecule has 3 aromatic heterocycles. The molecule has 0 saturated carbocycles. The molecule has 0 spiro atoms. The average Bonchev–Trinajstić information content (AvgIpc) is 2.84. The first-order valence-corrected chi connectivity index (χ1v) is 8.33. The molecule has 4 rings (SSSR count). The van der Waals surface area contributed by atoms with Gasteiger partial charge in [-0.05, 0) is 37.1 Å². The van der Waals surface area contributed by atoms with Crippen molar-refractivity contribution in [3.05, 3.63) is 41.3 Å². The number of hydrogen-bond acceptors (Lipinski definition) is 7. The molecule has 0 fully saturated rings. The predicted molar refractivity (Wildman–Crippen MR) is 91.6 cm³/mol. The lowest BCUT2D eigenvalue weighted by atomic mass is 10.1. The lowest BCUT2D eigenvalue weighted by Gasteiger charge is -2.05. The van der Waals surface area contributed by atoms with Crippen molar-refractivity contribution in [2.45, 2.75) is 12.8 Å². The Labute approximate surface area is 141 Å². The third kappa shape index (κ3) is 2.97. The van der Waals surface area contributed by atoms with E-state index in [4.69, 9.17) is 16.3 Å². The molecule has 0 amide bonds. The number of nitrogens with one attached hydrogen (secondary N) is 1. The summed E-state index contributed by atoms with van der Waals surface area (Å²) in [7, 11) is 0. The van der Waals surface area contributed by atoms with Gasteiger partial charge in [-0.15, -0.1) is 0 Å². The summed E-state index contributed by atoms with van der Waals surface area (Å²) in [4.78, 5) is 13.9. The van der Waals surface area contributed by atoms with Gasteiger partial charge in [-0.2, -0.15) is 5.10 Å². The van der Waals surface area contributed by atoms with Gasteiger partial charge in [0.15, 0.2) is 0 Å². The standard InChI is InChI=1S/C15H12ClN5OS/c16-12-6-5-10-14(19-12)23-15(18-10)21-20-9-3-2-8-22-11-4-1-7-17-13(9)11/h1,4-7H,2-3,8H2,(H,18,21)/b20-9+. The molecule has 1 N–H and O–H groups in total.